The number of thiophene rings is 1. The van der Waals surface area contributed by atoms with E-state index < -0.39 is 0 Å². The van der Waals surface area contributed by atoms with Gasteiger partial charge in [0.15, 0.2) is 0 Å². The number of nitrogens with zero attached hydrogens (tertiary/aromatic N) is 2. The Bertz CT molecular complexity index is 2020. The third kappa shape index (κ3) is 12.8. The lowest BCUT2D eigenvalue weighted by Crippen LogP contribution is -2.36. The van der Waals surface area contributed by atoms with E-state index in [4.69, 9.17) is 0 Å². The molecule has 52 heavy (non-hydrogen) atoms. The smallest absolute Gasteiger partial charge is 0.234 e. The van der Waals surface area contributed by atoms with Gasteiger partial charge in [-0.1, -0.05) is 141 Å². The van der Waals surface area contributed by atoms with Crippen LogP contribution in [0.15, 0.2) is 146 Å². The minimum absolute atomic E-state index is 0.0166. The molecule has 2 amide bonds. The second-order valence-corrected chi connectivity index (χ2v) is 16.6. The summed E-state index contributed by atoms with van der Waals surface area (Å²) in [6.07, 6.45) is 0. The van der Waals surface area contributed by atoms with E-state index in [2.05, 4.69) is 106 Å². The van der Waals surface area contributed by atoms with E-state index in [0.717, 1.165) is 36.0 Å². The summed E-state index contributed by atoms with van der Waals surface area (Å²) in [6.45, 7) is 3.95. The molecule has 0 aliphatic rings. The molecule has 6 aromatic rings. The van der Waals surface area contributed by atoms with Gasteiger partial charge in [-0.25, -0.2) is 0 Å². The van der Waals surface area contributed by atoms with Crippen LogP contribution in [-0.4, -0.2) is 41.8 Å². The Kier molecular flexibility index (Phi) is 15.6. The highest BCUT2D eigenvalue weighted by Crippen LogP contribution is 2.27. The average molecular weight is 906 g/mol. The Labute approximate surface area is 335 Å². The molecule has 0 saturated heterocycles. The summed E-state index contributed by atoms with van der Waals surface area (Å²) >= 11 is 12.4. The zero-order valence-corrected chi connectivity index (χ0v) is 34.5. The van der Waals surface area contributed by atoms with E-state index >= 15 is 0 Å². The first-order valence-corrected chi connectivity index (χ1v) is 20.1. The van der Waals surface area contributed by atoms with Crippen LogP contribution in [0.2, 0.25) is 0 Å². The van der Waals surface area contributed by atoms with Gasteiger partial charge in [-0.05, 0) is 80.3 Å². The topological polar surface area (TPSA) is 64.7 Å². The molecule has 0 bridgehead atoms. The van der Waals surface area contributed by atoms with Crippen molar-refractivity contribution in [1.82, 2.24) is 20.4 Å². The van der Waals surface area contributed by atoms with Crippen molar-refractivity contribution in [2.24, 2.45) is 0 Å². The maximum Gasteiger partial charge on any atom is 0.234 e. The largest absolute Gasteiger partial charge is 0.351 e. The minimum Gasteiger partial charge on any atom is -0.351 e. The van der Waals surface area contributed by atoms with E-state index in [1.54, 1.807) is 11.3 Å². The maximum absolute atomic E-state index is 12.6. The van der Waals surface area contributed by atoms with Crippen molar-refractivity contribution in [3.05, 3.63) is 173 Å². The lowest BCUT2D eigenvalue weighted by molar-refractivity contribution is -0.123. The van der Waals surface area contributed by atoms with Gasteiger partial charge in [0.1, 0.15) is 0 Å². The third-order valence-corrected chi connectivity index (χ3v) is 11.3. The van der Waals surface area contributed by atoms with Crippen LogP contribution in [0.5, 0.6) is 0 Å². The maximum atomic E-state index is 12.6. The zero-order chi connectivity index (χ0) is 36.7. The summed E-state index contributed by atoms with van der Waals surface area (Å²) in [4.78, 5) is 30.2. The summed E-state index contributed by atoms with van der Waals surface area (Å²) in [6, 6.07) is 44.8. The number of hydrogen-bond acceptors (Lipinski definition) is 5. The molecule has 6 nitrogen and oxygen atoms in total. The molecule has 6 rings (SSSR count). The number of carbonyl (C=O) groups is 2. The second kappa shape index (κ2) is 20.6. The monoisotopic (exact) mass is 902 g/mol. The Balaban J connectivity index is 0.000000203. The molecule has 0 aliphatic heterocycles. The van der Waals surface area contributed by atoms with E-state index in [1.165, 1.54) is 21.2 Å². The summed E-state index contributed by atoms with van der Waals surface area (Å²) in [5.74, 6) is 0.0593. The first-order valence-electron chi connectivity index (χ1n) is 16.9. The molecular weight excluding hydrogens is 864 g/mol. The number of carbonyl (C=O) groups excluding carboxylic acids is 2. The molecule has 2 N–H and O–H groups in total. The molecule has 1 aromatic heterocycles. The fourth-order valence-electron chi connectivity index (χ4n) is 5.67. The fraction of sp³-hybridized carbons (Fsp3) is 0.190. The van der Waals surface area contributed by atoms with Crippen LogP contribution in [0, 0.1) is 0 Å². The van der Waals surface area contributed by atoms with Crippen molar-refractivity contribution in [1.29, 1.82) is 0 Å². The van der Waals surface area contributed by atoms with Crippen molar-refractivity contribution in [2.75, 3.05) is 20.1 Å². The van der Waals surface area contributed by atoms with Gasteiger partial charge in [0, 0.05) is 46.5 Å². The number of rotatable bonds is 14. The van der Waals surface area contributed by atoms with Crippen LogP contribution in [0.1, 0.15) is 27.1 Å². The summed E-state index contributed by atoms with van der Waals surface area (Å²) in [5.41, 5.74) is 4.56. The van der Waals surface area contributed by atoms with Gasteiger partial charge in [-0.15, -0.1) is 11.3 Å². The Hall–Kier alpha value is -3.64. The van der Waals surface area contributed by atoms with E-state index in [1.807, 2.05) is 103 Å². The minimum atomic E-state index is 0.0166. The first kappa shape index (κ1) is 39.6. The van der Waals surface area contributed by atoms with Crippen molar-refractivity contribution in [2.45, 2.75) is 32.7 Å². The van der Waals surface area contributed by atoms with Crippen LogP contribution >= 0.6 is 59.1 Å². The quantitative estimate of drug-likeness (QED) is 0.114. The van der Waals surface area contributed by atoms with Gasteiger partial charge in [0.2, 0.25) is 11.8 Å². The van der Waals surface area contributed by atoms with E-state index in [-0.39, 0.29) is 11.8 Å². The molecule has 0 radical (unpaired) electrons. The van der Waals surface area contributed by atoms with Gasteiger partial charge >= 0.3 is 0 Å². The second-order valence-electron chi connectivity index (χ2n) is 12.4. The first-order chi connectivity index (χ1) is 25.2. The number of likely N-dealkylation sites (N-methyl/N-ethyl adjacent to an activating group) is 1. The summed E-state index contributed by atoms with van der Waals surface area (Å²) < 4.78 is 3.18. The van der Waals surface area contributed by atoms with Crippen LogP contribution in [0.3, 0.4) is 0 Å². The van der Waals surface area contributed by atoms with E-state index in [9.17, 15) is 9.59 Å². The normalized spacial score (nSPS) is 11.0. The Morgan fingerprint density at radius 3 is 1.88 bits per heavy atom. The highest BCUT2D eigenvalue weighted by atomic mass is 79.9. The van der Waals surface area contributed by atoms with Gasteiger partial charge < -0.3 is 10.6 Å². The standard InChI is InChI=1S/C23H22Br2N2O.C19H19BrN2OS/c24-21-12-7-13-22(25)20(21)16-27(15-19-10-5-2-6-11-19)17-23(28)26-14-18-8-3-1-4-9-18;1-22(12-16-9-10-18(20)24-16)13-19(23)21-11-15-7-4-6-14-5-2-3-8-17(14)15/h1-13H,14-17H2,(H,26,28);2-10H,11-13H2,1H3,(H,21,23). The Morgan fingerprint density at radius 1 is 0.596 bits per heavy atom. The summed E-state index contributed by atoms with van der Waals surface area (Å²) in [5, 5.41) is 8.44. The van der Waals surface area contributed by atoms with Crippen LogP contribution in [0.4, 0.5) is 0 Å². The Morgan fingerprint density at radius 2 is 1.19 bits per heavy atom. The fourth-order valence-corrected chi connectivity index (χ4v) is 8.48. The van der Waals surface area contributed by atoms with Crippen LogP contribution in [0.25, 0.3) is 10.8 Å². The number of benzene rings is 5. The number of nitrogens with one attached hydrogen (secondary N) is 2. The molecule has 0 atom stereocenters. The third-order valence-electron chi connectivity index (χ3n) is 8.22. The van der Waals surface area contributed by atoms with Crippen LogP contribution in [-0.2, 0) is 42.3 Å². The molecule has 0 fully saturated rings. The molecular formula is C42H41Br3N4O2S. The van der Waals surface area contributed by atoms with Gasteiger partial charge in [0.05, 0.1) is 16.9 Å². The lowest BCUT2D eigenvalue weighted by atomic mass is 10.0. The van der Waals surface area contributed by atoms with Crippen molar-refractivity contribution in [3.8, 4) is 0 Å². The average Bonchev–Trinajstić information content (AvgIpc) is 3.56. The van der Waals surface area contributed by atoms with Crippen LogP contribution < -0.4 is 10.6 Å². The highest BCUT2D eigenvalue weighted by Gasteiger charge is 2.16. The predicted molar refractivity (Wildman–Crippen MR) is 225 cm³/mol. The summed E-state index contributed by atoms with van der Waals surface area (Å²) in [7, 11) is 1.96. The molecule has 0 unspecified atom stereocenters. The molecule has 268 valence electrons. The number of halogens is 3. The van der Waals surface area contributed by atoms with Gasteiger partial charge in [-0.2, -0.15) is 0 Å². The molecule has 0 saturated carbocycles. The van der Waals surface area contributed by atoms with Crippen molar-refractivity contribution in [3.63, 3.8) is 0 Å². The van der Waals surface area contributed by atoms with Crippen molar-refractivity contribution < 1.29 is 9.59 Å². The molecule has 0 aliphatic carbocycles. The molecule has 5 aromatic carbocycles. The lowest BCUT2D eigenvalue weighted by Gasteiger charge is -2.23. The predicted octanol–water partition coefficient (Wildman–Crippen LogP) is 9.94. The highest BCUT2D eigenvalue weighted by molar-refractivity contribution is 9.11. The number of fused-ring (bicyclic) bond motifs is 1. The number of amides is 2. The van der Waals surface area contributed by atoms with Crippen molar-refractivity contribution >= 4 is 81.7 Å². The zero-order valence-electron chi connectivity index (χ0n) is 28.9. The van der Waals surface area contributed by atoms with Gasteiger partial charge in [0.25, 0.3) is 0 Å². The molecule has 10 heteroatoms. The molecule has 1 heterocycles. The van der Waals surface area contributed by atoms with E-state index in [0.29, 0.717) is 39.3 Å². The molecule has 0 spiro atoms. The van der Waals surface area contributed by atoms with Gasteiger partial charge in [-0.3, -0.25) is 19.4 Å². The number of hydrogen-bond donors (Lipinski definition) is 2. The SMILES string of the molecule is CN(CC(=O)NCc1cccc2ccccc12)Cc1ccc(Br)s1.O=C(CN(Cc1ccccc1)Cc1c(Br)cccc1Br)NCc1ccccc1.